The van der Waals surface area contributed by atoms with E-state index in [1.165, 1.54) is 7.11 Å². The average molecular weight is 468 g/mol. The van der Waals surface area contributed by atoms with E-state index in [9.17, 15) is 14.7 Å². The Balaban J connectivity index is 1.79. The number of hydroxylamine groups is 1. The second-order valence-corrected chi connectivity index (χ2v) is 7.92. The third-order valence-electron chi connectivity index (χ3n) is 5.34. The Morgan fingerprint density at radius 2 is 2.00 bits per heavy atom. The summed E-state index contributed by atoms with van der Waals surface area (Å²) < 4.78 is 4.72. The van der Waals surface area contributed by atoms with Crippen molar-refractivity contribution in [2.45, 2.75) is 39.6 Å². The second-order valence-electron chi connectivity index (χ2n) is 7.92. The van der Waals surface area contributed by atoms with E-state index in [-0.39, 0.29) is 6.04 Å². The van der Waals surface area contributed by atoms with Crippen molar-refractivity contribution in [1.29, 1.82) is 0 Å². The van der Waals surface area contributed by atoms with Crippen LogP contribution in [0.25, 0.3) is 5.70 Å². The van der Waals surface area contributed by atoms with Crippen LogP contribution >= 0.6 is 0 Å². The fourth-order valence-electron chi connectivity index (χ4n) is 3.57. The highest BCUT2D eigenvalue weighted by Crippen LogP contribution is 2.30. The molecule has 0 saturated heterocycles. The fourth-order valence-corrected chi connectivity index (χ4v) is 3.57. The number of nitrogens with one attached hydrogen (secondary N) is 2. The van der Waals surface area contributed by atoms with Gasteiger partial charge in [-0.25, -0.2) is 14.6 Å². The maximum Gasteiger partial charge on any atom is 0.423 e. The Morgan fingerprint density at radius 1 is 1.24 bits per heavy atom. The van der Waals surface area contributed by atoms with Gasteiger partial charge in [0.1, 0.15) is 12.1 Å². The van der Waals surface area contributed by atoms with Crippen molar-refractivity contribution in [3.05, 3.63) is 70.8 Å². The van der Waals surface area contributed by atoms with E-state index in [2.05, 4.69) is 20.6 Å². The smallest absolute Gasteiger partial charge is 0.423 e. The van der Waals surface area contributed by atoms with E-state index < -0.39 is 18.4 Å². The Morgan fingerprint density at radius 3 is 2.68 bits per heavy atom. The van der Waals surface area contributed by atoms with Crippen molar-refractivity contribution in [3.8, 4) is 0 Å². The molecule has 2 aromatic carbocycles. The number of ether oxygens (including phenoxy) is 1. The third kappa shape index (κ3) is 6.12. The number of anilines is 1. The number of hydrogen-bond acceptors (Lipinski definition) is 8. The molecule has 1 heterocycles. The number of nitrogens with zero attached hydrogens (tertiary/aromatic N) is 2. The van der Waals surface area contributed by atoms with Gasteiger partial charge in [-0.15, -0.1) is 5.48 Å². The Kier molecular flexibility index (Phi) is 7.87. The molecule has 2 atom stereocenters. The molecule has 0 saturated carbocycles. The molecule has 0 aromatic heterocycles. The summed E-state index contributed by atoms with van der Waals surface area (Å²) in [5, 5.41) is 13.6. The normalized spacial score (nSPS) is 16.3. The predicted molar refractivity (Wildman–Crippen MR) is 129 cm³/mol. The quantitative estimate of drug-likeness (QED) is 0.458. The van der Waals surface area contributed by atoms with Crippen molar-refractivity contribution in [1.82, 2.24) is 10.4 Å². The zero-order valence-corrected chi connectivity index (χ0v) is 19.5. The summed E-state index contributed by atoms with van der Waals surface area (Å²) in [5.41, 5.74) is 12.1. The van der Waals surface area contributed by atoms with Gasteiger partial charge in [0.2, 0.25) is 0 Å². The maximum absolute atomic E-state index is 11.8. The minimum Gasteiger partial charge on any atom is -0.453 e. The van der Waals surface area contributed by atoms with E-state index >= 15 is 0 Å². The number of rotatable bonds is 7. The molecule has 180 valence electrons. The summed E-state index contributed by atoms with van der Waals surface area (Å²) in [6, 6.07) is 12.9. The molecule has 5 N–H and O–H groups in total. The van der Waals surface area contributed by atoms with Gasteiger partial charge in [-0.2, -0.15) is 0 Å². The summed E-state index contributed by atoms with van der Waals surface area (Å²) in [6.07, 6.45) is -0.796. The molecule has 2 unspecified atom stereocenters. The average Bonchev–Trinajstić information content (AvgIpc) is 2.80. The zero-order chi connectivity index (χ0) is 24.8. The van der Waals surface area contributed by atoms with Gasteiger partial charge in [0, 0.05) is 12.1 Å². The minimum absolute atomic E-state index is 0.276. The number of carbonyl (C=O) groups is 2. The first kappa shape index (κ1) is 24.7. The number of amidine groups is 1. The molecule has 0 fully saturated rings. The number of carbonyl (C=O) groups excluding carboxylic acids is 2. The van der Waals surface area contributed by atoms with Crippen LogP contribution in [0.15, 0.2) is 53.5 Å². The van der Waals surface area contributed by atoms with Crippen LogP contribution in [0, 0.1) is 6.92 Å². The third-order valence-corrected chi connectivity index (χ3v) is 5.34. The van der Waals surface area contributed by atoms with E-state index in [4.69, 9.17) is 10.5 Å². The van der Waals surface area contributed by atoms with Crippen LogP contribution in [-0.4, -0.2) is 41.4 Å². The molecular formula is C24H29N5O5. The van der Waals surface area contributed by atoms with Crippen molar-refractivity contribution in [3.63, 3.8) is 0 Å². The number of nitrogens with two attached hydrogens (primary N) is 1. The van der Waals surface area contributed by atoms with E-state index in [0.29, 0.717) is 29.3 Å². The summed E-state index contributed by atoms with van der Waals surface area (Å²) in [5.74, 6) is 0.614. The summed E-state index contributed by atoms with van der Waals surface area (Å²) in [6.45, 7) is 5.96. The highest BCUT2D eigenvalue weighted by Gasteiger charge is 2.23. The molecule has 3 rings (SSSR count). The molecular weight excluding hydrogens is 438 g/mol. The number of methoxy groups -OCH3 is 1. The van der Waals surface area contributed by atoms with Gasteiger partial charge in [-0.05, 0) is 49.6 Å². The SMILES string of the molecule is COC(=O)Nc1cc(C)ccc1C1=CC(O)N(Cc2cccc(C(C)NOC(N)=O)c2)C(C)=N1. The molecule has 0 radical (unpaired) electrons. The number of benzene rings is 2. The molecule has 2 amide bonds. The molecule has 10 nitrogen and oxygen atoms in total. The Hall–Kier alpha value is -3.89. The van der Waals surface area contributed by atoms with Crippen LogP contribution < -0.4 is 16.5 Å². The van der Waals surface area contributed by atoms with Gasteiger partial charge in [0.05, 0.1) is 24.5 Å². The highest BCUT2D eigenvalue weighted by molar-refractivity contribution is 5.94. The summed E-state index contributed by atoms with van der Waals surface area (Å²) in [4.78, 5) is 33.7. The van der Waals surface area contributed by atoms with Gasteiger partial charge >= 0.3 is 12.2 Å². The van der Waals surface area contributed by atoms with E-state index in [0.717, 1.165) is 16.7 Å². The fraction of sp³-hybridized carbons (Fsp3) is 0.292. The van der Waals surface area contributed by atoms with Crippen LogP contribution in [0.1, 0.15) is 42.1 Å². The number of aliphatic hydroxyl groups is 1. The van der Waals surface area contributed by atoms with Gasteiger partial charge in [0.15, 0.2) is 0 Å². The first-order chi connectivity index (χ1) is 16.2. The molecule has 1 aliphatic rings. The molecule has 0 bridgehead atoms. The first-order valence-corrected chi connectivity index (χ1v) is 10.7. The molecule has 0 spiro atoms. The molecule has 10 heteroatoms. The topological polar surface area (TPSA) is 139 Å². The summed E-state index contributed by atoms with van der Waals surface area (Å²) >= 11 is 0. The van der Waals surface area contributed by atoms with Gasteiger partial charge in [-0.1, -0.05) is 36.4 Å². The molecule has 2 aromatic rings. The Bertz CT molecular complexity index is 1130. The number of aliphatic hydroxyl groups excluding tert-OH is 1. The van der Waals surface area contributed by atoms with Crippen LogP contribution in [-0.2, 0) is 16.1 Å². The molecule has 0 aliphatic carbocycles. The lowest BCUT2D eigenvalue weighted by atomic mass is 10.0. The monoisotopic (exact) mass is 467 g/mol. The van der Waals surface area contributed by atoms with Gasteiger partial charge in [0.25, 0.3) is 0 Å². The Labute approximate surface area is 198 Å². The highest BCUT2D eigenvalue weighted by atomic mass is 16.7. The lowest BCUT2D eigenvalue weighted by Gasteiger charge is -2.32. The molecule has 1 aliphatic heterocycles. The summed E-state index contributed by atoms with van der Waals surface area (Å²) in [7, 11) is 1.30. The van der Waals surface area contributed by atoms with Gasteiger partial charge in [-0.3, -0.25) is 5.32 Å². The van der Waals surface area contributed by atoms with Crippen molar-refractivity contribution in [2.24, 2.45) is 10.7 Å². The zero-order valence-electron chi connectivity index (χ0n) is 19.5. The van der Waals surface area contributed by atoms with Crippen LogP contribution in [0.4, 0.5) is 15.3 Å². The number of aryl methyl sites for hydroxylation is 1. The number of hydrogen-bond donors (Lipinski definition) is 4. The maximum atomic E-state index is 11.8. The lowest BCUT2D eigenvalue weighted by Crippen LogP contribution is -2.39. The van der Waals surface area contributed by atoms with Crippen LogP contribution in [0.2, 0.25) is 0 Å². The van der Waals surface area contributed by atoms with Gasteiger partial charge < -0.3 is 25.3 Å². The molecule has 34 heavy (non-hydrogen) atoms. The van der Waals surface area contributed by atoms with Crippen molar-refractivity contribution in [2.75, 3.05) is 12.4 Å². The number of amides is 2. The predicted octanol–water partition coefficient (Wildman–Crippen LogP) is 3.43. The van der Waals surface area contributed by atoms with Crippen molar-refractivity contribution < 1.29 is 24.3 Å². The largest absolute Gasteiger partial charge is 0.453 e. The van der Waals surface area contributed by atoms with Crippen LogP contribution in [0.3, 0.4) is 0 Å². The first-order valence-electron chi connectivity index (χ1n) is 10.7. The minimum atomic E-state index is -0.933. The van der Waals surface area contributed by atoms with E-state index in [1.54, 1.807) is 11.0 Å². The van der Waals surface area contributed by atoms with Crippen LogP contribution in [0.5, 0.6) is 0 Å². The number of aliphatic imine (C=N–C) groups is 1. The number of primary amides is 1. The van der Waals surface area contributed by atoms with E-state index in [1.807, 2.05) is 63.2 Å². The lowest BCUT2D eigenvalue weighted by molar-refractivity contribution is 0.0796. The second kappa shape index (κ2) is 10.8. The standard InChI is InChI=1S/C24H29N5O5/c1-14-8-9-19(20(10-14)27-24(32)33-4)21-12-22(30)29(16(3)26-21)13-17-6-5-7-18(11-17)15(2)28-34-23(25)31/h5-12,15,22,28,30H,13H2,1-4H3,(H2,25,31)(H,27,32). The van der Waals surface area contributed by atoms with Crippen molar-refractivity contribution >= 4 is 29.4 Å².